The number of nitrogens with zero attached hydrogens (tertiary/aromatic N) is 3. The highest BCUT2D eigenvalue weighted by atomic mass is 16.3. The van der Waals surface area contributed by atoms with Gasteiger partial charge in [-0.15, -0.1) is 0 Å². The van der Waals surface area contributed by atoms with E-state index in [1.54, 1.807) is 11.1 Å². The third kappa shape index (κ3) is 4.88. The van der Waals surface area contributed by atoms with Gasteiger partial charge in [-0.05, 0) is 180 Å². The summed E-state index contributed by atoms with van der Waals surface area (Å²) in [5.41, 5.74) is 23.7. The maximum Gasteiger partial charge on any atom is 0.136 e. The molecule has 5 nitrogen and oxygen atoms in total. The van der Waals surface area contributed by atoms with Crippen molar-refractivity contribution in [3.63, 3.8) is 0 Å². The smallest absolute Gasteiger partial charge is 0.136 e. The molecular weight excluding hydrogens is 927 g/mol. The fourth-order valence-electron chi connectivity index (χ4n) is 19.4. The van der Waals surface area contributed by atoms with Crippen LogP contribution in [0.4, 0.5) is 0 Å². The minimum absolute atomic E-state index is 0.480. The van der Waals surface area contributed by atoms with Gasteiger partial charge in [-0.1, -0.05) is 109 Å². The summed E-state index contributed by atoms with van der Waals surface area (Å²) < 4.78 is 16.7. The lowest BCUT2D eigenvalue weighted by molar-refractivity contribution is 0.00321. The Balaban J connectivity index is 1.06. The number of hydrogen-bond donors (Lipinski definition) is 0. The number of hydrogen-bond acceptors (Lipinski definition) is 4. The summed E-state index contributed by atoms with van der Waals surface area (Å²) in [5, 5.41) is 10.3. The van der Waals surface area contributed by atoms with Crippen LogP contribution in [0, 0.1) is 29.1 Å². The number of rotatable bonds is 4. The fraction of sp³-hybridized carbons (Fsp3) is 0.268. The zero-order valence-electron chi connectivity index (χ0n) is 42.3. The van der Waals surface area contributed by atoms with Gasteiger partial charge in [-0.25, -0.2) is 0 Å². The second-order valence-electron chi connectivity index (χ2n) is 25.1. The average Bonchev–Trinajstić information content (AvgIpc) is 4.47. The molecule has 7 atom stereocenters. The molecular formula is C71H53N3O2. The zero-order chi connectivity index (χ0) is 48.9. The molecule has 364 valence electrons. The normalized spacial score (nSPS) is 26.7. The summed E-state index contributed by atoms with van der Waals surface area (Å²) in [6.07, 6.45) is 17.7. The first kappa shape index (κ1) is 40.5. The van der Waals surface area contributed by atoms with Crippen LogP contribution >= 0.6 is 0 Å². The molecule has 76 heavy (non-hydrogen) atoms. The standard InChI is InChI=1S/C71H53N3O2/c1-3-11-38(12-4-1)46-19-21-56-62(48-15-7-9-17-54(48)75-56)60(46)50-31-51(61-47(39-13-5-2-6-14-39)20-22-57-63(61)49-16-8-10-18-55(49)76-57)65-67-53(35-73-69-43-29-45-30-44-28-42(59(67)69)32-71(44,45)33-43)74-52-34-72-68-41-26-36-23-37(27-41)25-40(24-36)58(68)66(52)64(50)70(65)74/h1-22,31,34-37,40-45H,23-30,32-33H2. The molecule has 0 N–H and O–H groups in total. The Hall–Kier alpha value is -7.76. The Bertz CT molecular complexity index is 4720. The first-order chi connectivity index (χ1) is 37.6. The summed E-state index contributed by atoms with van der Waals surface area (Å²) >= 11 is 0. The molecule has 5 heteroatoms. The maximum absolute atomic E-state index is 6.97. The third-order valence-electron chi connectivity index (χ3n) is 21.9. The van der Waals surface area contributed by atoms with Gasteiger partial charge in [0.15, 0.2) is 0 Å². The topological polar surface area (TPSA) is 56.5 Å². The van der Waals surface area contributed by atoms with Crippen LogP contribution in [-0.2, 0) is 0 Å². The maximum atomic E-state index is 6.97. The predicted molar refractivity (Wildman–Crippen MR) is 307 cm³/mol. The van der Waals surface area contributed by atoms with Crippen LogP contribution in [0.3, 0.4) is 0 Å². The van der Waals surface area contributed by atoms with Gasteiger partial charge in [-0.3, -0.25) is 9.97 Å². The first-order valence-electron chi connectivity index (χ1n) is 28.7. The largest absolute Gasteiger partial charge is 0.456 e. The number of fused-ring (bicyclic) bond motifs is 18. The first-order valence-corrected chi connectivity index (χ1v) is 28.7. The Morgan fingerprint density at radius 3 is 1.50 bits per heavy atom. The number of pyridine rings is 2. The summed E-state index contributed by atoms with van der Waals surface area (Å²) in [5.74, 6) is 5.22. The second kappa shape index (κ2) is 14.0. The molecule has 8 aliphatic carbocycles. The van der Waals surface area contributed by atoms with E-state index in [4.69, 9.17) is 18.8 Å². The monoisotopic (exact) mass is 979 g/mol. The van der Waals surface area contributed by atoms with E-state index in [1.807, 2.05) is 0 Å². The van der Waals surface area contributed by atoms with Crippen molar-refractivity contribution in [3.05, 3.63) is 174 Å². The van der Waals surface area contributed by atoms with E-state index >= 15 is 0 Å². The van der Waals surface area contributed by atoms with Crippen molar-refractivity contribution in [1.82, 2.24) is 14.4 Å². The number of benzene rings is 7. The lowest BCUT2D eigenvalue weighted by Crippen LogP contribution is -2.41. The van der Waals surface area contributed by atoms with Gasteiger partial charge in [0.25, 0.3) is 0 Å². The lowest BCUT2D eigenvalue weighted by atomic mass is 9.56. The minimum atomic E-state index is 0.480. The molecule has 0 amide bonds. The molecule has 1 spiro atoms. The molecule has 6 heterocycles. The van der Waals surface area contributed by atoms with E-state index in [9.17, 15) is 0 Å². The van der Waals surface area contributed by atoms with E-state index in [-0.39, 0.29) is 0 Å². The Morgan fingerprint density at radius 1 is 0.408 bits per heavy atom. The third-order valence-corrected chi connectivity index (χ3v) is 21.9. The van der Waals surface area contributed by atoms with Gasteiger partial charge in [0.2, 0.25) is 0 Å². The molecule has 0 radical (unpaired) electrons. The van der Waals surface area contributed by atoms with Crippen LogP contribution in [-0.4, -0.2) is 14.4 Å². The summed E-state index contributed by atoms with van der Waals surface area (Å²) in [6, 6.07) is 51.7. The number of furan rings is 2. The Labute approximate surface area is 438 Å². The van der Waals surface area contributed by atoms with Crippen LogP contribution in [0.5, 0.6) is 0 Å². The SMILES string of the molecule is c1ccc(-c2ccc3oc4ccccc4c3c2-c2cc(-c3c(-c4ccccc4)ccc4oc5ccccc5c34)c3c4c5c(ncc4n4c6cnc7c(c6c2c34)C2CC3CC(CC7C3)C2)C2CC3CC4CC5CC34C2)cc1. The van der Waals surface area contributed by atoms with Crippen molar-refractivity contribution >= 4 is 82.0 Å². The summed E-state index contributed by atoms with van der Waals surface area (Å²) in [6.45, 7) is 0. The molecule has 0 saturated heterocycles. The van der Waals surface area contributed by atoms with Crippen molar-refractivity contribution < 1.29 is 8.83 Å². The van der Waals surface area contributed by atoms with Gasteiger partial charge in [0, 0.05) is 77.4 Å². The van der Waals surface area contributed by atoms with Gasteiger partial charge < -0.3 is 13.2 Å². The van der Waals surface area contributed by atoms with Gasteiger partial charge in [0.05, 0.1) is 28.9 Å². The molecule has 6 aromatic heterocycles. The van der Waals surface area contributed by atoms with Gasteiger partial charge >= 0.3 is 0 Å². The average molecular weight is 980 g/mol. The second-order valence-corrected chi connectivity index (χ2v) is 25.1. The van der Waals surface area contributed by atoms with Crippen molar-refractivity contribution in [3.8, 4) is 44.5 Å². The molecule has 21 rings (SSSR count). The number of para-hydroxylation sites is 2. The van der Waals surface area contributed by atoms with Gasteiger partial charge in [0.1, 0.15) is 22.3 Å². The van der Waals surface area contributed by atoms with Crippen molar-refractivity contribution in [2.24, 2.45) is 29.1 Å². The van der Waals surface area contributed by atoms with Crippen molar-refractivity contribution in [2.45, 2.75) is 87.9 Å². The molecule has 5 saturated carbocycles. The van der Waals surface area contributed by atoms with E-state index in [0.29, 0.717) is 29.1 Å². The Kier molecular flexibility index (Phi) is 7.46. The highest BCUT2D eigenvalue weighted by molar-refractivity contribution is 6.35. The Morgan fingerprint density at radius 2 is 0.908 bits per heavy atom. The van der Waals surface area contributed by atoms with E-state index in [0.717, 1.165) is 56.8 Å². The van der Waals surface area contributed by atoms with Crippen molar-refractivity contribution in [1.29, 1.82) is 0 Å². The van der Waals surface area contributed by atoms with E-state index in [1.165, 1.54) is 169 Å². The molecule has 13 aromatic rings. The van der Waals surface area contributed by atoms with Gasteiger partial charge in [-0.2, -0.15) is 0 Å². The molecule has 5 fully saturated rings. The number of aromatic nitrogens is 3. The highest BCUT2D eigenvalue weighted by Crippen LogP contribution is 2.76. The van der Waals surface area contributed by atoms with Crippen LogP contribution in [0.1, 0.15) is 110 Å². The highest BCUT2D eigenvalue weighted by Gasteiger charge is 2.66. The summed E-state index contributed by atoms with van der Waals surface area (Å²) in [4.78, 5) is 11.6. The lowest BCUT2D eigenvalue weighted by Gasteiger charge is -2.48. The quantitative estimate of drug-likeness (QED) is 0.176. The molecule has 7 aromatic carbocycles. The van der Waals surface area contributed by atoms with Crippen LogP contribution < -0.4 is 0 Å². The molecule has 8 aliphatic rings. The molecule has 7 unspecified atom stereocenters. The van der Waals surface area contributed by atoms with Crippen LogP contribution in [0.15, 0.2) is 161 Å². The molecule has 7 bridgehead atoms. The minimum Gasteiger partial charge on any atom is -0.456 e. The van der Waals surface area contributed by atoms with E-state index in [2.05, 4.69) is 156 Å². The van der Waals surface area contributed by atoms with Crippen LogP contribution in [0.2, 0.25) is 0 Å². The zero-order valence-corrected chi connectivity index (χ0v) is 42.3. The molecule has 0 aliphatic heterocycles. The van der Waals surface area contributed by atoms with Crippen molar-refractivity contribution in [2.75, 3.05) is 0 Å². The fourth-order valence-corrected chi connectivity index (χ4v) is 19.4. The van der Waals surface area contributed by atoms with Crippen LogP contribution in [0.25, 0.3) is 126 Å². The summed E-state index contributed by atoms with van der Waals surface area (Å²) in [7, 11) is 0. The van der Waals surface area contributed by atoms with E-state index < -0.39 is 0 Å². The predicted octanol–water partition coefficient (Wildman–Crippen LogP) is 18.9.